The van der Waals surface area contributed by atoms with Crippen LogP contribution in [-0.2, 0) is 6.42 Å². The van der Waals surface area contributed by atoms with Gasteiger partial charge in [-0.15, -0.1) is 0 Å². The third-order valence-corrected chi connectivity index (χ3v) is 3.00. The van der Waals surface area contributed by atoms with Gasteiger partial charge in [0, 0.05) is 12.1 Å². The summed E-state index contributed by atoms with van der Waals surface area (Å²) in [4.78, 5) is 22.9. The van der Waals surface area contributed by atoms with Crippen LogP contribution < -0.4 is 5.32 Å². The summed E-state index contributed by atoms with van der Waals surface area (Å²) in [5.74, 6) is -0.967. The number of amides is 1. The summed E-state index contributed by atoms with van der Waals surface area (Å²) < 4.78 is 5.08. The van der Waals surface area contributed by atoms with E-state index in [1.165, 1.54) is 6.26 Å². The number of rotatable bonds is 5. The zero-order valence-electron chi connectivity index (χ0n) is 11.1. The maximum absolute atomic E-state index is 11.8. The highest BCUT2D eigenvalue weighted by Crippen LogP contribution is 2.10. The minimum absolute atomic E-state index is 0.260. The van der Waals surface area contributed by atoms with Crippen LogP contribution in [0.5, 0.6) is 0 Å². The number of aryl methyl sites for hydroxylation is 1. The first-order valence-electron chi connectivity index (χ1n) is 6.23. The molecule has 2 aromatic rings. The van der Waals surface area contributed by atoms with Gasteiger partial charge in [0.15, 0.2) is 5.76 Å². The number of hydrogen-bond acceptors (Lipinski definition) is 3. The lowest BCUT2D eigenvalue weighted by molar-refractivity contribution is 0.0695. The lowest BCUT2D eigenvalue weighted by Gasteiger charge is -2.07. The topological polar surface area (TPSA) is 79.5 Å². The zero-order valence-corrected chi connectivity index (χ0v) is 11.1. The van der Waals surface area contributed by atoms with E-state index in [4.69, 9.17) is 9.52 Å². The largest absolute Gasteiger partial charge is 0.478 e. The first-order chi connectivity index (χ1) is 9.59. The Labute approximate surface area is 116 Å². The Hall–Kier alpha value is -2.56. The molecule has 2 rings (SSSR count). The predicted octanol–water partition coefficient (Wildman–Crippen LogP) is 2.26. The zero-order chi connectivity index (χ0) is 14.5. The van der Waals surface area contributed by atoms with E-state index in [0.717, 1.165) is 5.56 Å². The molecule has 1 amide bonds. The van der Waals surface area contributed by atoms with E-state index in [1.54, 1.807) is 37.3 Å². The molecule has 0 unspecified atom stereocenters. The molecule has 1 aromatic heterocycles. The molecular formula is C15H15NO4. The third kappa shape index (κ3) is 3.06. The van der Waals surface area contributed by atoms with Crippen molar-refractivity contribution in [3.63, 3.8) is 0 Å². The molecule has 0 saturated carbocycles. The SMILES string of the molecule is Cc1ccoc1C(=O)NCCc1ccccc1C(=O)O. The number of carboxylic acid groups (broad SMARTS) is 1. The Morgan fingerprint density at radius 3 is 2.65 bits per heavy atom. The van der Waals surface area contributed by atoms with E-state index < -0.39 is 5.97 Å². The van der Waals surface area contributed by atoms with E-state index in [2.05, 4.69) is 5.32 Å². The van der Waals surface area contributed by atoms with E-state index in [0.29, 0.717) is 18.5 Å². The van der Waals surface area contributed by atoms with Crippen LogP contribution in [-0.4, -0.2) is 23.5 Å². The van der Waals surface area contributed by atoms with Gasteiger partial charge in [-0.2, -0.15) is 0 Å². The second kappa shape index (κ2) is 6.06. The molecule has 5 heteroatoms. The number of aromatic carboxylic acids is 1. The van der Waals surface area contributed by atoms with Crippen molar-refractivity contribution in [1.29, 1.82) is 0 Å². The summed E-state index contributed by atoms with van der Waals surface area (Å²) in [6.45, 7) is 2.14. The molecule has 0 saturated heterocycles. The summed E-state index contributed by atoms with van der Waals surface area (Å²) in [6.07, 6.45) is 1.91. The second-order valence-electron chi connectivity index (χ2n) is 4.40. The van der Waals surface area contributed by atoms with Crippen molar-refractivity contribution in [2.75, 3.05) is 6.54 Å². The van der Waals surface area contributed by atoms with Gasteiger partial charge in [0.1, 0.15) is 0 Å². The van der Waals surface area contributed by atoms with Crippen molar-refractivity contribution in [1.82, 2.24) is 5.32 Å². The molecule has 0 fully saturated rings. The molecule has 0 aliphatic rings. The van der Waals surface area contributed by atoms with Crippen LogP contribution in [0, 0.1) is 6.92 Å². The maximum atomic E-state index is 11.8. The number of nitrogens with one attached hydrogen (secondary N) is 1. The standard InChI is InChI=1S/C15H15NO4/c1-10-7-9-20-13(10)14(17)16-8-6-11-4-2-3-5-12(11)15(18)19/h2-5,7,9H,6,8H2,1H3,(H,16,17)(H,18,19). The summed E-state index contributed by atoms with van der Waals surface area (Å²) in [5.41, 5.74) is 1.72. The monoisotopic (exact) mass is 273 g/mol. The quantitative estimate of drug-likeness (QED) is 0.875. The second-order valence-corrected chi connectivity index (χ2v) is 4.40. The van der Waals surface area contributed by atoms with Gasteiger partial charge in [0.25, 0.3) is 5.91 Å². The van der Waals surface area contributed by atoms with Crippen LogP contribution in [0.15, 0.2) is 41.0 Å². The van der Waals surface area contributed by atoms with Crippen LogP contribution >= 0.6 is 0 Å². The van der Waals surface area contributed by atoms with Crippen LogP contribution in [0.4, 0.5) is 0 Å². The molecule has 0 spiro atoms. The highest BCUT2D eigenvalue weighted by molar-refractivity contribution is 5.92. The van der Waals surface area contributed by atoms with Crippen molar-refractivity contribution in [2.45, 2.75) is 13.3 Å². The lowest BCUT2D eigenvalue weighted by atomic mass is 10.0. The first-order valence-corrected chi connectivity index (χ1v) is 6.23. The van der Waals surface area contributed by atoms with E-state index >= 15 is 0 Å². The molecule has 0 aliphatic carbocycles. The van der Waals surface area contributed by atoms with Gasteiger partial charge in [0.05, 0.1) is 11.8 Å². The molecule has 2 N–H and O–H groups in total. The molecule has 0 bridgehead atoms. The molecule has 0 radical (unpaired) electrons. The van der Waals surface area contributed by atoms with Gasteiger partial charge in [0.2, 0.25) is 0 Å². The molecule has 1 aromatic carbocycles. The highest BCUT2D eigenvalue weighted by Gasteiger charge is 2.13. The fraction of sp³-hybridized carbons (Fsp3) is 0.200. The molecule has 1 heterocycles. The van der Waals surface area contributed by atoms with Crippen LogP contribution in [0.1, 0.15) is 32.0 Å². The van der Waals surface area contributed by atoms with Crippen LogP contribution in [0.2, 0.25) is 0 Å². The summed E-state index contributed by atoms with van der Waals surface area (Å²) in [7, 11) is 0. The number of furan rings is 1. The Morgan fingerprint density at radius 2 is 2.00 bits per heavy atom. The highest BCUT2D eigenvalue weighted by atomic mass is 16.4. The lowest BCUT2D eigenvalue weighted by Crippen LogP contribution is -2.26. The number of benzene rings is 1. The van der Waals surface area contributed by atoms with Crippen molar-refractivity contribution < 1.29 is 19.1 Å². The van der Waals surface area contributed by atoms with E-state index in [-0.39, 0.29) is 17.2 Å². The summed E-state index contributed by atoms with van der Waals surface area (Å²) >= 11 is 0. The van der Waals surface area contributed by atoms with Gasteiger partial charge in [-0.1, -0.05) is 18.2 Å². The number of hydrogen-bond donors (Lipinski definition) is 2. The van der Waals surface area contributed by atoms with E-state index in [9.17, 15) is 9.59 Å². The van der Waals surface area contributed by atoms with Gasteiger partial charge >= 0.3 is 5.97 Å². The normalized spacial score (nSPS) is 10.2. The Balaban J connectivity index is 1.95. The fourth-order valence-electron chi connectivity index (χ4n) is 1.94. The van der Waals surface area contributed by atoms with Crippen LogP contribution in [0.3, 0.4) is 0 Å². The fourth-order valence-corrected chi connectivity index (χ4v) is 1.94. The van der Waals surface area contributed by atoms with Crippen molar-refractivity contribution >= 4 is 11.9 Å². The van der Waals surface area contributed by atoms with Gasteiger partial charge in [-0.25, -0.2) is 4.79 Å². The Kier molecular flexibility index (Phi) is 4.20. The average molecular weight is 273 g/mol. The van der Waals surface area contributed by atoms with Crippen molar-refractivity contribution in [2.24, 2.45) is 0 Å². The minimum atomic E-state index is -0.964. The van der Waals surface area contributed by atoms with E-state index in [1.807, 2.05) is 0 Å². The molecular weight excluding hydrogens is 258 g/mol. The number of carbonyl (C=O) groups is 2. The summed E-state index contributed by atoms with van der Waals surface area (Å²) in [6, 6.07) is 8.47. The summed E-state index contributed by atoms with van der Waals surface area (Å²) in [5, 5.41) is 11.8. The van der Waals surface area contributed by atoms with Gasteiger partial charge in [-0.05, 0) is 31.0 Å². The predicted molar refractivity (Wildman–Crippen MR) is 72.9 cm³/mol. The minimum Gasteiger partial charge on any atom is -0.478 e. The maximum Gasteiger partial charge on any atom is 0.335 e. The number of carbonyl (C=O) groups excluding carboxylic acids is 1. The van der Waals surface area contributed by atoms with Crippen molar-refractivity contribution in [3.8, 4) is 0 Å². The van der Waals surface area contributed by atoms with Gasteiger partial charge in [-0.3, -0.25) is 4.79 Å². The molecule has 20 heavy (non-hydrogen) atoms. The van der Waals surface area contributed by atoms with Crippen LogP contribution in [0.25, 0.3) is 0 Å². The Morgan fingerprint density at radius 1 is 1.25 bits per heavy atom. The Bertz CT molecular complexity index is 630. The van der Waals surface area contributed by atoms with Gasteiger partial charge < -0.3 is 14.8 Å². The average Bonchev–Trinajstić information content (AvgIpc) is 2.85. The first kappa shape index (κ1) is 13.9. The molecule has 104 valence electrons. The molecule has 0 atom stereocenters. The smallest absolute Gasteiger partial charge is 0.335 e. The molecule has 5 nitrogen and oxygen atoms in total. The van der Waals surface area contributed by atoms with Crippen molar-refractivity contribution in [3.05, 3.63) is 59.0 Å². The number of carboxylic acids is 1. The third-order valence-electron chi connectivity index (χ3n) is 3.00. The molecule has 0 aliphatic heterocycles.